The zero-order chi connectivity index (χ0) is 13.9. The van der Waals surface area contributed by atoms with Gasteiger partial charge in [0.2, 0.25) is 11.8 Å². The van der Waals surface area contributed by atoms with E-state index in [0.29, 0.717) is 24.8 Å². The molecule has 2 saturated heterocycles. The molecule has 2 amide bonds. The number of piperidine rings is 1. The molecule has 4 nitrogen and oxygen atoms in total. The molecule has 0 spiro atoms. The van der Waals surface area contributed by atoms with E-state index in [2.05, 4.69) is 18.7 Å². The molecular formula is C15H26N2O2. The number of hydrogen-bond acceptors (Lipinski definition) is 3. The second-order valence-corrected chi connectivity index (χ2v) is 6.38. The molecule has 0 N–H and O–H groups in total. The third-order valence-corrected chi connectivity index (χ3v) is 4.51. The molecule has 0 aliphatic carbocycles. The van der Waals surface area contributed by atoms with Gasteiger partial charge in [0.05, 0.1) is 0 Å². The number of amides is 2. The number of carbonyl (C=O) groups is 2. The van der Waals surface area contributed by atoms with Gasteiger partial charge in [-0.15, -0.1) is 0 Å². The first-order valence-electron chi connectivity index (χ1n) is 7.60. The average molecular weight is 266 g/mol. The van der Waals surface area contributed by atoms with Crippen molar-refractivity contribution in [2.75, 3.05) is 26.2 Å². The molecule has 2 fully saturated rings. The third kappa shape index (κ3) is 3.56. The number of nitrogens with zero attached hydrogens (tertiary/aromatic N) is 2. The van der Waals surface area contributed by atoms with Gasteiger partial charge in [-0.2, -0.15) is 0 Å². The van der Waals surface area contributed by atoms with Crippen molar-refractivity contribution in [2.24, 2.45) is 5.41 Å². The minimum atomic E-state index is 0.0123. The summed E-state index contributed by atoms with van der Waals surface area (Å²) in [5.41, 5.74) is 0.423. The number of imide groups is 1. The highest BCUT2D eigenvalue weighted by molar-refractivity contribution is 6.01. The fourth-order valence-electron chi connectivity index (χ4n) is 3.54. The van der Waals surface area contributed by atoms with E-state index in [1.807, 2.05) is 0 Å². The van der Waals surface area contributed by atoms with Gasteiger partial charge in [-0.25, -0.2) is 0 Å². The van der Waals surface area contributed by atoms with E-state index < -0.39 is 0 Å². The number of rotatable bonds is 5. The van der Waals surface area contributed by atoms with Crippen molar-refractivity contribution in [3.05, 3.63) is 0 Å². The minimum Gasteiger partial charge on any atom is -0.301 e. The van der Waals surface area contributed by atoms with Crippen LogP contribution in [0.1, 0.15) is 52.4 Å². The highest BCUT2D eigenvalue weighted by atomic mass is 16.2. The highest BCUT2D eigenvalue weighted by Crippen LogP contribution is 2.33. The van der Waals surface area contributed by atoms with Crippen LogP contribution in [-0.4, -0.2) is 47.8 Å². The summed E-state index contributed by atoms with van der Waals surface area (Å²) in [5.74, 6) is 0.0247. The number of carbonyl (C=O) groups excluding carboxylic acids is 2. The predicted molar refractivity (Wildman–Crippen MR) is 74.6 cm³/mol. The van der Waals surface area contributed by atoms with Crippen molar-refractivity contribution in [1.82, 2.24) is 9.80 Å². The summed E-state index contributed by atoms with van der Waals surface area (Å²) in [4.78, 5) is 27.0. The molecule has 0 aromatic heterocycles. The first kappa shape index (κ1) is 14.5. The van der Waals surface area contributed by atoms with E-state index >= 15 is 0 Å². The summed E-state index contributed by atoms with van der Waals surface area (Å²) >= 11 is 0. The standard InChI is InChI=1S/C15H26N2O2/c1-3-7-15(2)8-4-9-16(12-15)10-11-17-13(18)5-6-14(17)19/h3-12H2,1-2H3/t15-/m1/s1. The third-order valence-electron chi connectivity index (χ3n) is 4.51. The van der Waals surface area contributed by atoms with Crippen molar-refractivity contribution in [3.8, 4) is 0 Å². The number of hydrogen-bond donors (Lipinski definition) is 0. The van der Waals surface area contributed by atoms with Gasteiger partial charge in [-0.1, -0.05) is 20.3 Å². The molecule has 0 saturated carbocycles. The fraction of sp³-hybridized carbons (Fsp3) is 0.867. The summed E-state index contributed by atoms with van der Waals surface area (Å²) in [7, 11) is 0. The summed E-state index contributed by atoms with van der Waals surface area (Å²) in [6, 6.07) is 0. The Morgan fingerprint density at radius 1 is 1.16 bits per heavy atom. The molecular weight excluding hydrogens is 240 g/mol. The minimum absolute atomic E-state index is 0.0123. The molecule has 0 radical (unpaired) electrons. The molecule has 2 aliphatic rings. The van der Waals surface area contributed by atoms with Crippen molar-refractivity contribution in [2.45, 2.75) is 52.4 Å². The lowest BCUT2D eigenvalue weighted by Crippen LogP contribution is -2.45. The second kappa shape index (κ2) is 6.04. The van der Waals surface area contributed by atoms with Crippen LogP contribution < -0.4 is 0 Å². The lowest BCUT2D eigenvalue weighted by atomic mass is 9.78. The first-order valence-corrected chi connectivity index (χ1v) is 7.60. The average Bonchev–Trinajstić information content (AvgIpc) is 2.67. The molecule has 1 atom stereocenters. The van der Waals surface area contributed by atoms with Gasteiger partial charge in [0.25, 0.3) is 0 Å². The molecule has 2 rings (SSSR count). The highest BCUT2D eigenvalue weighted by Gasteiger charge is 2.32. The normalized spacial score (nSPS) is 29.3. The Kier molecular flexibility index (Phi) is 4.61. The van der Waals surface area contributed by atoms with Crippen LogP contribution in [0.5, 0.6) is 0 Å². The smallest absolute Gasteiger partial charge is 0.229 e. The quantitative estimate of drug-likeness (QED) is 0.715. The Bertz CT molecular complexity index is 336. The van der Waals surface area contributed by atoms with Crippen LogP contribution in [0.3, 0.4) is 0 Å². The van der Waals surface area contributed by atoms with Crippen molar-refractivity contribution in [1.29, 1.82) is 0 Å². The maximum Gasteiger partial charge on any atom is 0.229 e. The van der Waals surface area contributed by atoms with Crippen LogP contribution in [-0.2, 0) is 9.59 Å². The maximum atomic E-state index is 11.6. The van der Waals surface area contributed by atoms with Crippen molar-refractivity contribution < 1.29 is 9.59 Å². The molecule has 0 unspecified atom stereocenters. The van der Waals surface area contributed by atoms with Gasteiger partial charge in [-0.05, 0) is 31.2 Å². The van der Waals surface area contributed by atoms with E-state index in [0.717, 1.165) is 19.6 Å². The molecule has 2 aliphatic heterocycles. The van der Waals surface area contributed by atoms with Crippen LogP contribution in [0.2, 0.25) is 0 Å². The monoisotopic (exact) mass is 266 g/mol. The van der Waals surface area contributed by atoms with E-state index in [1.165, 1.54) is 30.6 Å². The Labute approximate surface area is 116 Å². The van der Waals surface area contributed by atoms with E-state index in [-0.39, 0.29) is 11.8 Å². The van der Waals surface area contributed by atoms with Gasteiger partial charge < -0.3 is 4.90 Å². The summed E-state index contributed by atoms with van der Waals surface area (Å²) < 4.78 is 0. The summed E-state index contributed by atoms with van der Waals surface area (Å²) in [6.45, 7) is 8.25. The Balaban J connectivity index is 1.82. The van der Waals surface area contributed by atoms with Gasteiger partial charge >= 0.3 is 0 Å². The van der Waals surface area contributed by atoms with Gasteiger partial charge in [0, 0.05) is 32.5 Å². The Hall–Kier alpha value is -0.900. The van der Waals surface area contributed by atoms with E-state index in [1.54, 1.807) is 0 Å². The maximum absolute atomic E-state index is 11.6. The molecule has 4 heteroatoms. The molecule has 0 aromatic carbocycles. The van der Waals surface area contributed by atoms with Gasteiger partial charge in [0.1, 0.15) is 0 Å². The zero-order valence-electron chi connectivity index (χ0n) is 12.3. The van der Waals surface area contributed by atoms with Crippen LogP contribution in [0.4, 0.5) is 0 Å². The summed E-state index contributed by atoms with van der Waals surface area (Å²) in [6.07, 6.45) is 5.86. The topological polar surface area (TPSA) is 40.6 Å². The zero-order valence-corrected chi connectivity index (χ0v) is 12.3. The molecule has 0 aromatic rings. The van der Waals surface area contributed by atoms with Crippen molar-refractivity contribution in [3.63, 3.8) is 0 Å². The number of likely N-dealkylation sites (tertiary alicyclic amines) is 2. The lowest BCUT2D eigenvalue weighted by molar-refractivity contribution is -0.138. The van der Waals surface area contributed by atoms with Gasteiger partial charge in [-0.3, -0.25) is 14.5 Å². The predicted octanol–water partition coefficient (Wildman–Crippen LogP) is 2.04. The Morgan fingerprint density at radius 2 is 1.84 bits per heavy atom. The second-order valence-electron chi connectivity index (χ2n) is 6.38. The Morgan fingerprint density at radius 3 is 2.47 bits per heavy atom. The molecule has 108 valence electrons. The van der Waals surface area contributed by atoms with Crippen LogP contribution in [0.25, 0.3) is 0 Å². The lowest BCUT2D eigenvalue weighted by Gasteiger charge is -2.41. The SMILES string of the molecule is CCC[C@]1(C)CCCN(CCN2C(=O)CCC2=O)C1. The van der Waals surface area contributed by atoms with E-state index in [9.17, 15) is 9.59 Å². The van der Waals surface area contributed by atoms with Crippen LogP contribution >= 0.6 is 0 Å². The summed E-state index contributed by atoms with van der Waals surface area (Å²) in [5, 5.41) is 0. The van der Waals surface area contributed by atoms with E-state index in [4.69, 9.17) is 0 Å². The van der Waals surface area contributed by atoms with Crippen LogP contribution in [0.15, 0.2) is 0 Å². The fourth-order valence-corrected chi connectivity index (χ4v) is 3.54. The molecule has 2 heterocycles. The first-order chi connectivity index (χ1) is 9.04. The van der Waals surface area contributed by atoms with Crippen LogP contribution in [0, 0.1) is 5.41 Å². The molecule has 0 bridgehead atoms. The van der Waals surface area contributed by atoms with Crippen molar-refractivity contribution >= 4 is 11.8 Å². The molecule has 19 heavy (non-hydrogen) atoms. The van der Waals surface area contributed by atoms with Gasteiger partial charge in [0.15, 0.2) is 0 Å². The largest absolute Gasteiger partial charge is 0.301 e.